The maximum atomic E-state index is 6.87. The van der Waals surface area contributed by atoms with E-state index in [0.717, 1.165) is 63.5 Å². The summed E-state index contributed by atoms with van der Waals surface area (Å²) in [5.41, 5.74) is 20.7. The van der Waals surface area contributed by atoms with Crippen LogP contribution in [0.3, 0.4) is 0 Å². The number of nitrogens with two attached hydrogens (primary N) is 2. The van der Waals surface area contributed by atoms with E-state index in [9.17, 15) is 0 Å². The first-order chi connectivity index (χ1) is 15.5. The van der Waals surface area contributed by atoms with Gasteiger partial charge in [-0.2, -0.15) is 0 Å². The van der Waals surface area contributed by atoms with E-state index in [1.165, 1.54) is 27.8 Å². The highest BCUT2D eigenvalue weighted by Crippen LogP contribution is 2.49. The van der Waals surface area contributed by atoms with Crippen LogP contribution < -0.4 is 11.5 Å². The van der Waals surface area contributed by atoms with Crippen LogP contribution in [-0.2, 0) is 37.2 Å². The van der Waals surface area contributed by atoms with Crippen LogP contribution in [0.5, 0.6) is 0 Å². The van der Waals surface area contributed by atoms with Gasteiger partial charge in [0.1, 0.15) is 0 Å². The Balaban J connectivity index is 1.52. The van der Waals surface area contributed by atoms with Gasteiger partial charge in [-0.3, -0.25) is 0 Å². The summed E-state index contributed by atoms with van der Waals surface area (Å²) in [6.07, 6.45) is 4.62. The third-order valence-electron chi connectivity index (χ3n) is 7.37. The van der Waals surface area contributed by atoms with Gasteiger partial charge in [0.15, 0.2) is 0 Å². The van der Waals surface area contributed by atoms with Gasteiger partial charge in [0.05, 0.1) is 50.8 Å². The average molecular weight is 437 g/mol. The zero-order valence-corrected chi connectivity index (χ0v) is 18.6. The summed E-state index contributed by atoms with van der Waals surface area (Å²) in [6.45, 7) is 5.42. The molecule has 2 aromatic rings. The van der Waals surface area contributed by atoms with Gasteiger partial charge in [-0.1, -0.05) is 18.2 Å². The van der Waals surface area contributed by atoms with Crippen molar-refractivity contribution in [2.24, 2.45) is 0 Å². The Morgan fingerprint density at radius 1 is 0.781 bits per heavy atom. The van der Waals surface area contributed by atoms with Gasteiger partial charge in [-0.15, -0.1) is 0 Å². The van der Waals surface area contributed by atoms with Crippen molar-refractivity contribution in [2.75, 3.05) is 37.9 Å². The van der Waals surface area contributed by atoms with Gasteiger partial charge < -0.3 is 30.4 Å². The van der Waals surface area contributed by atoms with E-state index in [2.05, 4.69) is 31.2 Å². The lowest BCUT2D eigenvalue weighted by Gasteiger charge is -2.38. The van der Waals surface area contributed by atoms with Crippen LogP contribution in [0.1, 0.15) is 40.7 Å². The van der Waals surface area contributed by atoms with Crippen LogP contribution in [0.2, 0.25) is 0 Å². The Bertz CT molecular complexity index is 1010. The highest BCUT2D eigenvalue weighted by Gasteiger charge is 2.47. The molecule has 4 aliphatic rings. The molecule has 0 bridgehead atoms. The maximum Gasteiger partial charge on any atom is 0.0851 e. The third-order valence-corrected chi connectivity index (χ3v) is 7.37. The summed E-state index contributed by atoms with van der Waals surface area (Å²) in [5, 5.41) is 0. The van der Waals surface area contributed by atoms with E-state index < -0.39 is 0 Å². The Morgan fingerprint density at radius 3 is 1.91 bits per heavy atom. The van der Waals surface area contributed by atoms with E-state index in [4.69, 9.17) is 30.4 Å². The fourth-order valence-corrected chi connectivity index (χ4v) is 5.45. The molecule has 170 valence electrons. The lowest BCUT2D eigenvalue weighted by Crippen LogP contribution is -2.34. The van der Waals surface area contributed by atoms with Crippen molar-refractivity contribution < 1.29 is 18.9 Å². The van der Waals surface area contributed by atoms with Crippen molar-refractivity contribution in [1.82, 2.24) is 0 Å². The summed E-state index contributed by atoms with van der Waals surface area (Å²) >= 11 is 0. The molecule has 4 saturated heterocycles. The zero-order chi connectivity index (χ0) is 21.9. The van der Waals surface area contributed by atoms with Crippen LogP contribution in [-0.4, -0.2) is 50.8 Å². The van der Waals surface area contributed by atoms with Gasteiger partial charge >= 0.3 is 0 Å². The fourth-order valence-electron chi connectivity index (χ4n) is 5.45. The molecule has 0 aliphatic carbocycles. The first-order valence-corrected chi connectivity index (χ1v) is 11.8. The fraction of sp³-hybridized carbons (Fsp3) is 0.538. The highest BCUT2D eigenvalue weighted by molar-refractivity contribution is 5.63. The van der Waals surface area contributed by atoms with Crippen LogP contribution in [0.25, 0.3) is 0 Å². The molecule has 6 rings (SSSR count). The molecule has 6 heteroatoms. The minimum absolute atomic E-state index is 0.243. The van der Waals surface area contributed by atoms with Crippen LogP contribution in [0.15, 0.2) is 30.3 Å². The predicted molar refractivity (Wildman–Crippen MR) is 123 cm³/mol. The van der Waals surface area contributed by atoms with Crippen molar-refractivity contribution >= 4 is 11.4 Å². The van der Waals surface area contributed by atoms with E-state index in [1.807, 2.05) is 6.07 Å². The second-order valence-corrected chi connectivity index (χ2v) is 9.96. The Kier molecular flexibility index (Phi) is 4.95. The topological polar surface area (TPSA) is 102 Å². The number of aryl methyl sites for hydroxylation is 1. The van der Waals surface area contributed by atoms with Crippen molar-refractivity contribution in [2.45, 2.75) is 62.4 Å². The molecule has 4 N–H and O–H groups in total. The molecule has 2 aromatic carbocycles. The van der Waals surface area contributed by atoms with E-state index >= 15 is 0 Å². The minimum Gasteiger partial charge on any atom is -0.399 e. The molecule has 4 fully saturated rings. The molecule has 0 spiro atoms. The van der Waals surface area contributed by atoms with Gasteiger partial charge in [0.2, 0.25) is 0 Å². The quantitative estimate of drug-likeness (QED) is 0.439. The SMILES string of the molecule is Cc1cc(N)ccc1C(CC1CO1)(CC1CO1)c1ccc(CC2CO2)c(N)c1CC1CO1. The number of benzene rings is 2. The third kappa shape index (κ3) is 4.13. The maximum absolute atomic E-state index is 6.87. The van der Waals surface area contributed by atoms with Crippen LogP contribution >= 0.6 is 0 Å². The predicted octanol–water partition coefficient (Wildman–Crippen LogP) is 2.91. The zero-order valence-electron chi connectivity index (χ0n) is 18.6. The molecule has 0 radical (unpaired) electrons. The standard InChI is InChI=1S/C26H32N2O4/c1-15-6-17(27)3-5-23(15)26(9-20-13-31-20,10-21-14-32-21)24-4-2-16(7-18-11-29-18)25(28)22(24)8-19-12-30-19/h2-6,18-21H,7-14,27-28H2,1H3. The van der Waals surface area contributed by atoms with Crippen molar-refractivity contribution in [1.29, 1.82) is 0 Å². The number of epoxide rings is 4. The van der Waals surface area contributed by atoms with Gasteiger partial charge in [0, 0.05) is 29.6 Å². The Morgan fingerprint density at radius 2 is 1.34 bits per heavy atom. The van der Waals surface area contributed by atoms with E-state index in [0.29, 0.717) is 6.10 Å². The Hall–Kier alpha value is -2.12. The smallest absolute Gasteiger partial charge is 0.0851 e. The number of rotatable bonds is 10. The molecule has 4 atom stereocenters. The lowest BCUT2D eigenvalue weighted by atomic mass is 9.65. The summed E-state index contributed by atoms with van der Waals surface area (Å²) in [5.74, 6) is 0. The first kappa shape index (κ1) is 20.5. The Labute approximate surface area is 189 Å². The number of ether oxygens (including phenoxy) is 4. The second kappa shape index (κ2) is 7.73. The summed E-state index contributed by atoms with van der Waals surface area (Å²) in [7, 11) is 0. The van der Waals surface area contributed by atoms with Gasteiger partial charge in [-0.25, -0.2) is 0 Å². The molecular formula is C26H32N2O4. The molecule has 4 aliphatic heterocycles. The monoisotopic (exact) mass is 436 g/mol. The molecular weight excluding hydrogens is 404 g/mol. The average Bonchev–Trinajstić information content (AvgIpc) is 3.60. The second-order valence-electron chi connectivity index (χ2n) is 9.96. The number of hydrogen-bond acceptors (Lipinski definition) is 6. The molecule has 32 heavy (non-hydrogen) atoms. The van der Waals surface area contributed by atoms with Crippen molar-refractivity contribution in [3.63, 3.8) is 0 Å². The number of hydrogen-bond donors (Lipinski definition) is 2. The summed E-state index contributed by atoms with van der Waals surface area (Å²) in [4.78, 5) is 0. The molecule has 4 heterocycles. The largest absolute Gasteiger partial charge is 0.399 e. The highest BCUT2D eigenvalue weighted by atomic mass is 16.6. The summed E-state index contributed by atoms with van der Waals surface area (Å²) in [6, 6.07) is 10.8. The van der Waals surface area contributed by atoms with E-state index in [1.54, 1.807) is 0 Å². The molecule has 0 saturated carbocycles. The number of nitrogen functional groups attached to an aromatic ring is 2. The normalized spacial score (nSPS) is 29.4. The number of anilines is 2. The minimum atomic E-state index is -0.243. The van der Waals surface area contributed by atoms with Gasteiger partial charge in [0.25, 0.3) is 0 Å². The van der Waals surface area contributed by atoms with Crippen molar-refractivity contribution in [3.05, 3.63) is 58.1 Å². The van der Waals surface area contributed by atoms with E-state index in [-0.39, 0.29) is 23.7 Å². The summed E-state index contributed by atoms with van der Waals surface area (Å²) < 4.78 is 22.7. The molecule has 0 amide bonds. The van der Waals surface area contributed by atoms with Gasteiger partial charge in [-0.05, 0) is 59.7 Å². The first-order valence-electron chi connectivity index (χ1n) is 11.8. The molecule has 4 unspecified atom stereocenters. The van der Waals surface area contributed by atoms with Crippen LogP contribution in [0.4, 0.5) is 11.4 Å². The lowest BCUT2D eigenvalue weighted by molar-refractivity contribution is 0.298. The van der Waals surface area contributed by atoms with Crippen LogP contribution in [0, 0.1) is 6.92 Å². The van der Waals surface area contributed by atoms with Crippen molar-refractivity contribution in [3.8, 4) is 0 Å². The molecule has 0 aromatic heterocycles. The molecule has 6 nitrogen and oxygen atoms in total.